The smallest absolute Gasteiger partial charge is 0.236 e. The van der Waals surface area contributed by atoms with Gasteiger partial charge in [-0.15, -0.1) is 0 Å². The SMILES string of the molecule is O=c1c(O)c(-c2ccco2)oc2cc(Br)cc(Br)c12. The monoisotopic (exact) mass is 384 g/mol. The van der Waals surface area contributed by atoms with E-state index in [4.69, 9.17) is 8.83 Å². The Morgan fingerprint density at radius 3 is 2.68 bits per heavy atom. The number of hydrogen-bond donors (Lipinski definition) is 1. The second-order valence-corrected chi connectivity index (χ2v) is 5.62. The number of fused-ring (bicyclic) bond motifs is 1. The summed E-state index contributed by atoms with van der Waals surface area (Å²) in [6.45, 7) is 0. The summed E-state index contributed by atoms with van der Waals surface area (Å²) in [6.07, 6.45) is 1.44. The molecule has 0 aliphatic carbocycles. The van der Waals surface area contributed by atoms with Crippen LogP contribution in [0.1, 0.15) is 0 Å². The Bertz CT molecular complexity index is 819. The fourth-order valence-electron chi connectivity index (χ4n) is 1.81. The third-order valence-electron chi connectivity index (χ3n) is 2.63. The maximum absolute atomic E-state index is 12.2. The lowest BCUT2D eigenvalue weighted by Crippen LogP contribution is -2.03. The van der Waals surface area contributed by atoms with Crippen molar-refractivity contribution in [3.05, 3.63) is 49.7 Å². The summed E-state index contributed by atoms with van der Waals surface area (Å²) in [6, 6.07) is 6.63. The van der Waals surface area contributed by atoms with Crippen molar-refractivity contribution in [2.75, 3.05) is 0 Å². The van der Waals surface area contributed by atoms with Crippen LogP contribution >= 0.6 is 31.9 Å². The van der Waals surface area contributed by atoms with Crippen molar-refractivity contribution in [2.24, 2.45) is 0 Å². The topological polar surface area (TPSA) is 63.6 Å². The minimum Gasteiger partial charge on any atom is -0.501 e. The standard InChI is InChI=1S/C13H6Br2O4/c14-6-4-7(15)10-9(5-6)19-13(12(17)11(10)16)8-2-1-3-18-8/h1-5,17H. The van der Waals surface area contributed by atoms with Crippen LogP contribution < -0.4 is 5.43 Å². The van der Waals surface area contributed by atoms with Crippen LogP contribution in [0.3, 0.4) is 0 Å². The third-order valence-corrected chi connectivity index (χ3v) is 3.72. The molecule has 2 aromatic heterocycles. The van der Waals surface area contributed by atoms with E-state index in [0.717, 1.165) is 4.47 Å². The summed E-state index contributed by atoms with van der Waals surface area (Å²) in [5.74, 6) is -0.148. The van der Waals surface area contributed by atoms with Gasteiger partial charge in [0.05, 0.1) is 11.6 Å². The quantitative estimate of drug-likeness (QED) is 0.678. The lowest BCUT2D eigenvalue weighted by atomic mass is 10.2. The predicted octanol–water partition coefficient (Wildman–Crippen LogP) is 4.28. The first-order chi connectivity index (χ1) is 9.08. The van der Waals surface area contributed by atoms with Crippen molar-refractivity contribution in [1.29, 1.82) is 0 Å². The molecule has 0 amide bonds. The van der Waals surface area contributed by atoms with E-state index in [9.17, 15) is 9.90 Å². The van der Waals surface area contributed by atoms with E-state index in [2.05, 4.69) is 31.9 Å². The van der Waals surface area contributed by atoms with Gasteiger partial charge < -0.3 is 13.9 Å². The van der Waals surface area contributed by atoms with Crippen LogP contribution in [-0.4, -0.2) is 5.11 Å². The van der Waals surface area contributed by atoms with Crippen LogP contribution in [0.4, 0.5) is 0 Å². The van der Waals surface area contributed by atoms with E-state index < -0.39 is 11.2 Å². The zero-order valence-electron chi connectivity index (χ0n) is 9.31. The van der Waals surface area contributed by atoms with E-state index in [0.29, 0.717) is 15.8 Å². The predicted molar refractivity (Wildman–Crippen MR) is 77.3 cm³/mol. The van der Waals surface area contributed by atoms with Gasteiger partial charge in [0.25, 0.3) is 0 Å². The number of aromatic hydroxyl groups is 1. The van der Waals surface area contributed by atoms with Crippen LogP contribution in [0.2, 0.25) is 0 Å². The molecule has 2 heterocycles. The van der Waals surface area contributed by atoms with E-state index in [1.807, 2.05) is 0 Å². The number of halogens is 2. The van der Waals surface area contributed by atoms with Gasteiger partial charge in [0.15, 0.2) is 5.76 Å². The average molecular weight is 386 g/mol. The van der Waals surface area contributed by atoms with Crippen LogP contribution in [0, 0.1) is 0 Å². The number of benzene rings is 1. The average Bonchev–Trinajstić information content (AvgIpc) is 2.86. The fourth-order valence-corrected chi connectivity index (χ4v) is 3.17. The molecule has 0 atom stereocenters. The van der Waals surface area contributed by atoms with Crippen LogP contribution in [0.25, 0.3) is 22.5 Å². The van der Waals surface area contributed by atoms with Crippen LogP contribution in [0.15, 0.2) is 53.1 Å². The van der Waals surface area contributed by atoms with Crippen LogP contribution in [0.5, 0.6) is 5.75 Å². The normalized spacial score (nSPS) is 11.1. The molecule has 0 saturated heterocycles. The first-order valence-corrected chi connectivity index (χ1v) is 6.85. The Labute approximate surface area is 123 Å². The maximum Gasteiger partial charge on any atom is 0.236 e. The molecule has 4 nitrogen and oxygen atoms in total. The Morgan fingerprint density at radius 2 is 2.00 bits per heavy atom. The van der Waals surface area contributed by atoms with Crippen molar-refractivity contribution < 1.29 is 13.9 Å². The van der Waals surface area contributed by atoms with E-state index >= 15 is 0 Å². The highest BCUT2D eigenvalue weighted by Crippen LogP contribution is 2.34. The minimum absolute atomic E-state index is 0.0208. The molecule has 6 heteroatoms. The molecule has 0 unspecified atom stereocenters. The molecule has 1 aromatic carbocycles. The lowest BCUT2D eigenvalue weighted by Gasteiger charge is -2.05. The number of rotatable bonds is 1. The van der Waals surface area contributed by atoms with Gasteiger partial charge in [0, 0.05) is 8.95 Å². The molecule has 0 aliphatic rings. The maximum atomic E-state index is 12.2. The summed E-state index contributed by atoms with van der Waals surface area (Å²) >= 11 is 6.60. The van der Waals surface area contributed by atoms with Gasteiger partial charge in [-0.25, -0.2) is 0 Å². The highest BCUT2D eigenvalue weighted by Gasteiger charge is 2.19. The van der Waals surface area contributed by atoms with Gasteiger partial charge in [-0.3, -0.25) is 4.79 Å². The molecule has 3 aromatic rings. The third kappa shape index (κ3) is 2.01. The Kier molecular flexibility index (Phi) is 2.99. The van der Waals surface area contributed by atoms with E-state index in [1.165, 1.54) is 6.26 Å². The van der Waals surface area contributed by atoms with Gasteiger partial charge in [-0.2, -0.15) is 0 Å². The molecule has 3 rings (SSSR count). The highest BCUT2D eigenvalue weighted by atomic mass is 79.9. The summed E-state index contributed by atoms with van der Waals surface area (Å²) in [5, 5.41) is 10.3. The van der Waals surface area contributed by atoms with Crippen molar-refractivity contribution in [1.82, 2.24) is 0 Å². The van der Waals surface area contributed by atoms with Gasteiger partial charge in [-0.05, 0) is 40.2 Å². The van der Waals surface area contributed by atoms with Crippen molar-refractivity contribution in [3.8, 4) is 17.3 Å². The largest absolute Gasteiger partial charge is 0.501 e. The van der Waals surface area contributed by atoms with Crippen molar-refractivity contribution >= 4 is 42.8 Å². The molecular weight excluding hydrogens is 380 g/mol. The van der Waals surface area contributed by atoms with Gasteiger partial charge >= 0.3 is 0 Å². The molecule has 0 radical (unpaired) electrons. The molecule has 19 heavy (non-hydrogen) atoms. The summed E-state index contributed by atoms with van der Waals surface area (Å²) in [7, 11) is 0. The second-order valence-electron chi connectivity index (χ2n) is 3.85. The lowest BCUT2D eigenvalue weighted by molar-refractivity contribution is 0.439. The Morgan fingerprint density at radius 1 is 1.21 bits per heavy atom. The number of hydrogen-bond acceptors (Lipinski definition) is 4. The minimum atomic E-state index is -0.507. The van der Waals surface area contributed by atoms with E-state index in [-0.39, 0.29) is 11.1 Å². The number of furan rings is 1. The first-order valence-electron chi connectivity index (χ1n) is 5.26. The Hall–Kier alpha value is -1.53. The van der Waals surface area contributed by atoms with Crippen LogP contribution in [-0.2, 0) is 0 Å². The summed E-state index contributed by atoms with van der Waals surface area (Å²) in [4.78, 5) is 12.2. The van der Waals surface area contributed by atoms with Crippen molar-refractivity contribution in [2.45, 2.75) is 0 Å². The van der Waals surface area contributed by atoms with Gasteiger partial charge in [0.1, 0.15) is 5.58 Å². The van der Waals surface area contributed by atoms with Gasteiger partial charge in [0.2, 0.25) is 16.9 Å². The summed E-state index contributed by atoms with van der Waals surface area (Å²) < 4.78 is 12.0. The zero-order valence-corrected chi connectivity index (χ0v) is 12.5. The molecule has 0 saturated carbocycles. The molecule has 0 spiro atoms. The zero-order chi connectivity index (χ0) is 13.6. The van der Waals surface area contributed by atoms with E-state index in [1.54, 1.807) is 24.3 Å². The molecule has 0 bridgehead atoms. The Balaban J connectivity index is 2.45. The molecular formula is C13H6Br2O4. The molecule has 0 fully saturated rings. The molecule has 0 aliphatic heterocycles. The second kappa shape index (κ2) is 4.54. The van der Waals surface area contributed by atoms with Crippen molar-refractivity contribution in [3.63, 3.8) is 0 Å². The fraction of sp³-hybridized carbons (Fsp3) is 0. The summed E-state index contributed by atoms with van der Waals surface area (Å²) in [5.41, 5.74) is -0.150. The molecule has 96 valence electrons. The van der Waals surface area contributed by atoms with Gasteiger partial charge in [-0.1, -0.05) is 15.9 Å². The molecule has 1 N–H and O–H groups in total. The first kappa shape index (κ1) is 12.5. The highest BCUT2D eigenvalue weighted by molar-refractivity contribution is 9.11.